The first-order valence-electron chi connectivity index (χ1n) is 17.3. The lowest BCUT2D eigenvalue weighted by Crippen LogP contribution is -2.13. The summed E-state index contributed by atoms with van der Waals surface area (Å²) in [6, 6.07) is 34.7. The molecule has 262 valence electrons. The van der Waals surface area contributed by atoms with E-state index in [2.05, 4.69) is 42.9 Å². The fraction of sp³-hybridized carbons (Fsp3) is 0.136. The summed E-state index contributed by atoms with van der Waals surface area (Å²) in [5, 5.41) is 2.04. The molecule has 0 aliphatic carbocycles. The molecule has 0 radical (unpaired) electrons. The third-order valence-electron chi connectivity index (χ3n) is 8.72. The fourth-order valence-corrected chi connectivity index (χ4v) is 5.99. The molecule has 0 unspecified atom stereocenters. The normalized spacial score (nSPS) is 11.5. The Kier molecular flexibility index (Phi) is 8.68. The van der Waals surface area contributed by atoms with E-state index in [1.807, 2.05) is 128 Å². The van der Waals surface area contributed by atoms with Crippen molar-refractivity contribution in [3.05, 3.63) is 151 Å². The van der Waals surface area contributed by atoms with E-state index in [-0.39, 0.29) is 5.41 Å². The lowest BCUT2D eigenvalue weighted by atomic mass is 9.89. The van der Waals surface area contributed by atoms with E-state index in [1.165, 1.54) is 0 Å². The van der Waals surface area contributed by atoms with Crippen molar-refractivity contribution >= 4 is 21.8 Å². The zero-order chi connectivity index (χ0) is 36.5. The number of hydrogen-bond donors (Lipinski definition) is 0. The Balaban J connectivity index is 1.15. The van der Waals surface area contributed by atoms with Crippen LogP contribution < -0.4 is 18.9 Å². The van der Waals surface area contributed by atoms with Crippen LogP contribution in [0.4, 0.5) is 0 Å². The van der Waals surface area contributed by atoms with Gasteiger partial charge in [-0.1, -0.05) is 32.9 Å². The van der Waals surface area contributed by atoms with Gasteiger partial charge in [0.15, 0.2) is 0 Å². The summed E-state index contributed by atoms with van der Waals surface area (Å²) in [4.78, 5) is 18.3. The summed E-state index contributed by atoms with van der Waals surface area (Å²) in [6.07, 6.45) is 7.24. The highest BCUT2D eigenvalue weighted by molar-refractivity contribution is 6.09. The van der Waals surface area contributed by atoms with Crippen LogP contribution in [-0.2, 0) is 5.41 Å². The molecule has 4 aromatic heterocycles. The molecule has 0 fully saturated rings. The molecule has 0 aliphatic heterocycles. The molecule has 9 nitrogen and oxygen atoms in total. The first-order chi connectivity index (χ1) is 25.6. The van der Waals surface area contributed by atoms with Crippen molar-refractivity contribution in [1.82, 2.24) is 24.5 Å². The van der Waals surface area contributed by atoms with Gasteiger partial charge in [-0.25, -0.2) is 19.9 Å². The molecule has 0 N–H and O–H groups in total. The zero-order valence-corrected chi connectivity index (χ0v) is 30.1. The van der Waals surface area contributed by atoms with Gasteiger partial charge in [0.2, 0.25) is 17.7 Å². The first kappa shape index (κ1) is 33.4. The molecule has 0 bridgehead atoms. The maximum absolute atomic E-state index is 6.41. The number of aromatic nitrogens is 5. The molecule has 4 heterocycles. The molecular weight excluding hydrogens is 663 g/mol. The van der Waals surface area contributed by atoms with E-state index in [0.29, 0.717) is 52.2 Å². The monoisotopic (exact) mass is 699 g/mol. The van der Waals surface area contributed by atoms with Crippen LogP contribution in [0.2, 0.25) is 0 Å². The van der Waals surface area contributed by atoms with Crippen LogP contribution in [0.3, 0.4) is 0 Å². The molecule has 0 atom stereocenters. The van der Waals surface area contributed by atoms with Crippen molar-refractivity contribution in [2.24, 2.45) is 0 Å². The Morgan fingerprint density at radius 3 is 1.34 bits per heavy atom. The van der Waals surface area contributed by atoms with Crippen molar-refractivity contribution in [1.29, 1.82) is 0 Å². The van der Waals surface area contributed by atoms with Gasteiger partial charge in [-0.2, -0.15) is 0 Å². The van der Waals surface area contributed by atoms with Crippen molar-refractivity contribution in [2.45, 2.75) is 40.0 Å². The minimum Gasteiger partial charge on any atom is -0.457 e. The van der Waals surface area contributed by atoms with Gasteiger partial charge in [-0.05, 0) is 96.6 Å². The van der Waals surface area contributed by atoms with Crippen molar-refractivity contribution in [3.8, 4) is 52.2 Å². The summed E-state index contributed by atoms with van der Waals surface area (Å²) in [5.74, 6) is 5.38. The third kappa shape index (κ3) is 7.36. The van der Waals surface area contributed by atoms with Crippen molar-refractivity contribution < 1.29 is 18.9 Å². The first-order valence-corrected chi connectivity index (χ1v) is 17.3. The van der Waals surface area contributed by atoms with Crippen molar-refractivity contribution in [3.63, 3.8) is 0 Å². The molecule has 0 saturated carbocycles. The molecule has 4 aromatic carbocycles. The molecule has 0 spiro atoms. The lowest BCUT2D eigenvalue weighted by Gasteiger charge is -2.18. The second-order valence-corrected chi connectivity index (χ2v) is 13.9. The van der Waals surface area contributed by atoms with Gasteiger partial charge in [0.05, 0.1) is 11.0 Å². The highest BCUT2D eigenvalue weighted by Gasteiger charge is 2.19. The van der Waals surface area contributed by atoms with Gasteiger partial charge in [-0.15, -0.1) is 0 Å². The molecule has 0 aliphatic rings. The predicted octanol–water partition coefficient (Wildman–Crippen LogP) is 11.4. The second-order valence-electron chi connectivity index (χ2n) is 13.9. The minimum atomic E-state index is -0.0946. The molecule has 9 heteroatoms. The largest absolute Gasteiger partial charge is 0.457 e. The van der Waals surface area contributed by atoms with Crippen LogP contribution in [0.5, 0.6) is 46.3 Å². The number of rotatable bonds is 9. The summed E-state index contributed by atoms with van der Waals surface area (Å²) in [6.45, 7) is 10.4. The smallest absolute Gasteiger partial charge is 0.234 e. The van der Waals surface area contributed by atoms with Crippen LogP contribution in [-0.4, -0.2) is 24.5 Å². The van der Waals surface area contributed by atoms with Crippen LogP contribution in [0, 0.1) is 13.8 Å². The maximum Gasteiger partial charge on any atom is 0.234 e. The Morgan fingerprint density at radius 2 is 0.906 bits per heavy atom. The van der Waals surface area contributed by atoms with Gasteiger partial charge < -0.3 is 18.9 Å². The zero-order valence-electron chi connectivity index (χ0n) is 30.1. The fourth-order valence-electron chi connectivity index (χ4n) is 5.99. The SMILES string of the molecule is Cc1ccnc(Oc2cccc(Oc3ccc4c5ccc(Oc6cccc(Oc7cc(C)ccn7)c6)cc5n(-c5ncc(C(C)(C)C)cn5)c4c3)c2)c1. The van der Waals surface area contributed by atoms with E-state index in [1.54, 1.807) is 12.4 Å². The highest BCUT2D eigenvalue weighted by Crippen LogP contribution is 2.38. The predicted molar refractivity (Wildman–Crippen MR) is 206 cm³/mol. The quantitative estimate of drug-likeness (QED) is 0.147. The Morgan fingerprint density at radius 1 is 0.472 bits per heavy atom. The summed E-state index contributed by atoms with van der Waals surface area (Å²) in [7, 11) is 0. The number of nitrogens with zero attached hydrogens (tertiary/aromatic N) is 5. The summed E-state index contributed by atoms with van der Waals surface area (Å²) in [5.41, 5.74) is 4.85. The Hall–Kier alpha value is -6.74. The molecule has 0 amide bonds. The average Bonchev–Trinajstić information content (AvgIpc) is 3.44. The molecular formula is C44H37N5O4. The molecule has 8 aromatic rings. The van der Waals surface area contributed by atoms with Gasteiger partial charge >= 0.3 is 0 Å². The lowest BCUT2D eigenvalue weighted by molar-refractivity contribution is 0.448. The van der Waals surface area contributed by atoms with E-state index in [9.17, 15) is 0 Å². The Labute approximate surface area is 307 Å². The standard InChI is InChI=1S/C44H37N5O4/c1-28-16-18-45-41(20-28)52-33-10-6-8-31(22-33)50-35-12-14-37-38-15-13-36(51-32-9-7-11-34(23-32)53-42-21-29(2)17-19-46-42)25-40(38)49(39(37)24-35)43-47-26-30(27-48-43)44(3,4)5/h6-27H,1-5H3. The molecule has 0 saturated heterocycles. The number of aryl methyl sites for hydroxylation is 2. The van der Waals surface area contributed by atoms with Crippen LogP contribution in [0.1, 0.15) is 37.5 Å². The number of ether oxygens (including phenoxy) is 4. The van der Waals surface area contributed by atoms with Gasteiger partial charge in [0.25, 0.3) is 0 Å². The second kappa shape index (κ2) is 13.8. The van der Waals surface area contributed by atoms with Crippen LogP contribution in [0.25, 0.3) is 27.8 Å². The number of benzene rings is 4. The molecule has 8 rings (SSSR count). The van der Waals surface area contributed by atoms with Gasteiger partial charge in [0, 0.05) is 72.0 Å². The van der Waals surface area contributed by atoms with E-state index < -0.39 is 0 Å². The highest BCUT2D eigenvalue weighted by atomic mass is 16.5. The minimum absolute atomic E-state index is 0.0946. The van der Waals surface area contributed by atoms with E-state index in [4.69, 9.17) is 28.9 Å². The van der Waals surface area contributed by atoms with E-state index >= 15 is 0 Å². The van der Waals surface area contributed by atoms with Gasteiger partial charge in [-0.3, -0.25) is 4.57 Å². The van der Waals surface area contributed by atoms with E-state index in [0.717, 1.165) is 38.5 Å². The number of hydrogen-bond acceptors (Lipinski definition) is 8. The third-order valence-corrected chi connectivity index (χ3v) is 8.72. The van der Waals surface area contributed by atoms with Crippen molar-refractivity contribution in [2.75, 3.05) is 0 Å². The topological polar surface area (TPSA) is 93.4 Å². The molecule has 53 heavy (non-hydrogen) atoms. The van der Waals surface area contributed by atoms with Crippen LogP contribution >= 0.6 is 0 Å². The maximum atomic E-state index is 6.41. The Bertz CT molecular complexity index is 2440. The number of fused-ring (bicyclic) bond motifs is 3. The summed E-state index contributed by atoms with van der Waals surface area (Å²) >= 11 is 0. The van der Waals surface area contributed by atoms with Crippen LogP contribution in [0.15, 0.2) is 134 Å². The average molecular weight is 700 g/mol. The summed E-state index contributed by atoms with van der Waals surface area (Å²) < 4.78 is 26.9. The number of pyridine rings is 2. The van der Waals surface area contributed by atoms with Gasteiger partial charge in [0.1, 0.15) is 34.5 Å².